The van der Waals surface area contributed by atoms with Crippen molar-refractivity contribution in [2.24, 2.45) is 0 Å². The van der Waals surface area contributed by atoms with E-state index in [1.54, 1.807) is 14.2 Å². The predicted molar refractivity (Wildman–Crippen MR) is 98.8 cm³/mol. The summed E-state index contributed by atoms with van der Waals surface area (Å²) in [5.74, 6) is 1.60. The molecule has 0 amide bonds. The maximum Gasteiger partial charge on any atom is 0.179 e. The van der Waals surface area contributed by atoms with Gasteiger partial charge in [-0.1, -0.05) is 41.4 Å². The summed E-state index contributed by atoms with van der Waals surface area (Å²) in [6.07, 6.45) is 0.910. The molecule has 0 bridgehead atoms. The number of ether oxygens (including phenoxy) is 2. The lowest BCUT2D eigenvalue weighted by Crippen LogP contribution is -2.24. The first-order valence-electron chi connectivity index (χ1n) is 8.23. The van der Waals surface area contributed by atoms with E-state index in [9.17, 15) is 0 Å². The van der Waals surface area contributed by atoms with Crippen molar-refractivity contribution in [3.05, 3.63) is 57.6 Å². The standard InChI is InChI=1S/C20H24ClNO2/c1-13-6-5-7-14(10-13)17-12-22(2)9-8-15-16(17)11-18(23-3)20(24-4)19(15)21/h5-7,10-11,17H,8-9,12H2,1-4H3. The number of aryl methyl sites for hydroxylation is 1. The average molecular weight is 346 g/mol. The Morgan fingerprint density at radius 1 is 1.17 bits per heavy atom. The van der Waals surface area contributed by atoms with Crippen molar-refractivity contribution < 1.29 is 9.47 Å². The number of likely N-dealkylation sites (N-methyl/N-ethyl adjacent to an activating group) is 1. The van der Waals surface area contributed by atoms with Gasteiger partial charge in [0.1, 0.15) is 0 Å². The van der Waals surface area contributed by atoms with Gasteiger partial charge in [0.05, 0.1) is 19.2 Å². The van der Waals surface area contributed by atoms with Crippen molar-refractivity contribution in [1.82, 2.24) is 4.90 Å². The Morgan fingerprint density at radius 3 is 2.62 bits per heavy atom. The van der Waals surface area contributed by atoms with E-state index >= 15 is 0 Å². The van der Waals surface area contributed by atoms with Crippen LogP contribution in [0.15, 0.2) is 30.3 Å². The molecular formula is C20H24ClNO2. The van der Waals surface area contributed by atoms with E-state index < -0.39 is 0 Å². The van der Waals surface area contributed by atoms with Crippen molar-refractivity contribution in [2.45, 2.75) is 19.3 Å². The molecule has 3 rings (SSSR count). The van der Waals surface area contributed by atoms with Crippen LogP contribution in [0.4, 0.5) is 0 Å². The Morgan fingerprint density at radius 2 is 1.96 bits per heavy atom. The van der Waals surface area contributed by atoms with Gasteiger partial charge in [-0.05, 0) is 43.1 Å². The first kappa shape index (κ1) is 17.1. The van der Waals surface area contributed by atoms with Crippen LogP contribution in [0.5, 0.6) is 11.5 Å². The topological polar surface area (TPSA) is 21.7 Å². The summed E-state index contributed by atoms with van der Waals surface area (Å²) in [5.41, 5.74) is 5.00. The minimum atomic E-state index is 0.268. The number of halogens is 1. The first-order valence-corrected chi connectivity index (χ1v) is 8.61. The highest BCUT2D eigenvalue weighted by molar-refractivity contribution is 6.33. The van der Waals surface area contributed by atoms with Crippen molar-refractivity contribution in [3.8, 4) is 11.5 Å². The molecule has 0 aromatic heterocycles. The third-order valence-corrected chi connectivity index (χ3v) is 5.20. The molecule has 1 unspecified atom stereocenters. The van der Waals surface area contributed by atoms with E-state index in [1.165, 1.54) is 22.3 Å². The molecule has 3 nitrogen and oxygen atoms in total. The van der Waals surface area contributed by atoms with Gasteiger partial charge in [0, 0.05) is 19.0 Å². The van der Waals surface area contributed by atoms with Crippen LogP contribution < -0.4 is 9.47 Å². The lowest BCUT2D eigenvalue weighted by Gasteiger charge is -2.24. The highest BCUT2D eigenvalue weighted by Crippen LogP contribution is 2.44. The molecule has 1 heterocycles. The minimum absolute atomic E-state index is 0.268. The third-order valence-electron chi connectivity index (χ3n) is 4.80. The molecule has 1 atom stereocenters. The summed E-state index contributed by atoms with van der Waals surface area (Å²) in [7, 11) is 5.46. The molecule has 1 aliphatic rings. The predicted octanol–water partition coefficient (Wildman–Crippen LogP) is 4.29. The Hall–Kier alpha value is -1.71. The molecule has 128 valence electrons. The number of hydrogen-bond donors (Lipinski definition) is 0. The molecular weight excluding hydrogens is 322 g/mol. The van der Waals surface area contributed by atoms with Gasteiger partial charge in [-0.3, -0.25) is 0 Å². The highest BCUT2D eigenvalue weighted by Gasteiger charge is 2.28. The summed E-state index contributed by atoms with van der Waals surface area (Å²) < 4.78 is 11.0. The molecule has 2 aromatic rings. The van der Waals surface area contributed by atoms with Crippen LogP contribution in [-0.2, 0) is 6.42 Å². The maximum absolute atomic E-state index is 6.69. The summed E-state index contributed by atoms with van der Waals surface area (Å²) in [6, 6.07) is 10.8. The second kappa shape index (κ2) is 7.04. The van der Waals surface area contributed by atoms with Crippen LogP contribution in [0, 0.1) is 6.92 Å². The molecule has 1 aliphatic heterocycles. The molecule has 24 heavy (non-hydrogen) atoms. The summed E-state index contributed by atoms with van der Waals surface area (Å²) in [6.45, 7) is 4.07. The molecule has 0 N–H and O–H groups in total. The zero-order valence-corrected chi connectivity index (χ0v) is 15.5. The second-order valence-corrected chi connectivity index (χ2v) is 6.85. The summed E-state index contributed by atoms with van der Waals surface area (Å²) >= 11 is 6.69. The number of nitrogens with zero attached hydrogens (tertiary/aromatic N) is 1. The molecule has 0 aliphatic carbocycles. The smallest absolute Gasteiger partial charge is 0.179 e. The number of rotatable bonds is 3. The lowest BCUT2D eigenvalue weighted by molar-refractivity contribution is 0.338. The Balaban J connectivity index is 2.20. The normalized spacial score (nSPS) is 18.0. The van der Waals surface area contributed by atoms with Crippen LogP contribution in [0.2, 0.25) is 5.02 Å². The third kappa shape index (κ3) is 3.11. The van der Waals surface area contributed by atoms with Gasteiger partial charge in [-0.15, -0.1) is 0 Å². The molecule has 0 spiro atoms. The average Bonchev–Trinajstić information content (AvgIpc) is 2.74. The van der Waals surface area contributed by atoms with Crippen molar-refractivity contribution in [1.29, 1.82) is 0 Å². The lowest BCUT2D eigenvalue weighted by atomic mass is 9.87. The summed E-state index contributed by atoms with van der Waals surface area (Å²) in [4.78, 5) is 2.36. The SMILES string of the molecule is COc1cc2c(c(Cl)c1OC)CCN(C)CC2c1cccc(C)c1. The van der Waals surface area contributed by atoms with Crippen LogP contribution in [0.3, 0.4) is 0 Å². The maximum atomic E-state index is 6.69. The fourth-order valence-electron chi connectivity index (χ4n) is 3.55. The minimum Gasteiger partial charge on any atom is -0.493 e. The van der Waals surface area contributed by atoms with Gasteiger partial charge in [0.25, 0.3) is 0 Å². The quantitative estimate of drug-likeness (QED) is 0.828. The van der Waals surface area contributed by atoms with Crippen molar-refractivity contribution in [2.75, 3.05) is 34.4 Å². The van der Waals surface area contributed by atoms with E-state index in [0.717, 1.165) is 19.5 Å². The summed E-state index contributed by atoms with van der Waals surface area (Å²) in [5, 5.41) is 0.680. The Kier molecular flexibility index (Phi) is 5.02. The van der Waals surface area contributed by atoms with Gasteiger partial charge in [0.15, 0.2) is 11.5 Å². The molecule has 0 radical (unpaired) electrons. The Bertz CT molecular complexity index is 745. The fraction of sp³-hybridized carbons (Fsp3) is 0.400. The van der Waals surface area contributed by atoms with Crippen LogP contribution >= 0.6 is 11.6 Å². The highest BCUT2D eigenvalue weighted by atomic mass is 35.5. The molecule has 0 saturated heterocycles. The van der Waals surface area contributed by atoms with E-state index in [-0.39, 0.29) is 5.92 Å². The van der Waals surface area contributed by atoms with E-state index in [4.69, 9.17) is 21.1 Å². The van der Waals surface area contributed by atoms with E-state index in [1.807, 2.05) is 0 Å². The van der Waals surface area contributed by atoms with Gasteiger partial charge in [-0.25, -0.2) is 0 Å². The van der Waals surface area contributed by atoms with E-state index in [0.29, 0.717) is 16.5 Å². The molecule has 0 fully saturated rings. The monoisotopic (exact) mass is 345 g/mol. The number of benzene rings is 2. The second-order valence-electron chi connectivity index (χ2n) is 6.47. The Labute approximate surface area is 149 Å². The first-order chi connectivity index (χ1) is 11.5. The van der Waals surface area contributed by atoms with E-state index in [2.05, 4.69) is 49.2 Å². The van der Waals surface area contributed by atoms with Gasteiger partial charge < -0.3 is 14.4 Å². The number of hydrogen-bond acceptors (Lipinski definition) is 3. The molecule has 0 saturated carbocycles. The van der Waals surface area contributed by atoms with Crippen molar-refractivity contribution >= 4 is 11.6 Å². The van der Waals surface area contributed by atoms with Gasteiger partial charge in [0.2, 0.25) is 0 Å². The number of methoxy groups -OCH3 is 2. The fourth-order valence-corrected chi connectivity index (χ4v) is 3.92. The van der Waals surface area contributed by atoms with Crippen LogP contribution in [-0.4, -0.2) is 39.3 Å². The van der Waals surface area contributed by atoms with Crippen molar-refractivity contribution in [3.63, 3.8) is 0 Å². The number of fused-ring (bicyclic) bond motifs is 1. The molecule has 2 aromatic carbocycles. The van der Waals surface area contributed by atoms with Crippen LogP contribution in [0.25, 0.3) is 0 Å². The molecule has 4 heteroatoms. The zero-order chi connectivity index (χ0) is 17.3. The van der Waals surface area contributed by atoms with Crippen LogP contribution in [0.1, 0.15) is 28.2 Å². The van der Waals surface area contributed by atoms with Gasteiger partial charge in [-0.2, -0.15) is 0 Å². The largest absolute Gasteiger partial charge is 0.493 e. The zero-order valence-electron chi connectivity index (χ0n) is 14.7. The van der Waals surface area contributed by atoms with Gasteiger partial charge >= 0.3 is 0 Å².